The summed E-state index contributed by atoms with van der Waals surface area (Å²) in [5.41, 5.74) is 4.09. The molecular weight excluding hydrogens is 360 g/mol. The lowest BCUT2D eigenvalue weighted by molar-refractivity contribution is -0.373. The molecule has 2 aliphatic rings. The molecule has 0 amide bonds. The van der Waals surface area contributed by atoms with Gasteiger partial charge in [0.25, 0.3) is 0 Å². The van der Waals surface area contributed by atoms with Crippen molar-refractivity contribution in [2.45, 2.75) is 50.8 Å². The smallest absolute Gasteiger partial charge is 0.184 e. The van der Waals surface area contributed by atoms with Gasteiger partial charge in [-0.25, -0.2) is 0 Å². The molecule has 2 fully saturated rings. The van der Waals surface area contributed by atoms with Crippen molar-refractivity contribution in [1.82, 2.24) is 0 Å². The number of fused-ring (bicyclic) bond motifs is 1. The minimum atomic E-state index is -1.08. The predicted octanol–water partition coefficient (Wildman–Crippen LogP) is 2.55. The van der Waals surface area contributed by atoms with Crippen LogP contribution >= 0.6 is 0 Å². The first-order valence-electron chi connectivity index (χ1n) is 9.56. The third-order valence-corrected chi connectivity index (χ3v) is 5.40. The van der Waals surface area contributed by atoms with Crippen molar-refractivity contribution >= 4 is 0 Å². The summed E-state index contributed by atoms with van der Waals surface area (Å²) in [6, 6.07) is 15.5. The number of benzene rings is 2. The molecule has 2 heterocycles. The summed E-state index contributed by atoms with van der Waals surface area (Å²) in [5.74, 6) is 0. The maximum absolute atomic E-state index is 10.4. The zero-order chi connectivity index (χ0) is 19.7. The van der Waals surface area contributed by atoms with Crippen molar-refractivity contribution in [2.75, 3.05) is 13.2 Å². The fourth-order valence-corrected chi connectivity index (χ4v) is 3.63. The summed E-state index contributed by atoms with van der Waals surface area (Å²) in [6.07, 6.45) is -4.00. The Bertz CT molecular complexity index is 795. The lowest BCUT2D eigenvalue weighted by Gasteiger charge is -2.47. The Morgan fingerprint density at radius 1 is 0.929 bits per heavy atom. The van der Waals surface area contributed by atoms with Crippen molar-refractivity contribution in [3.63, 3.8) is 0 Å². The highest BCUT2D eigenvalue weighted by Gasteiger charge is 2.48. The van der Waals surface area contributed by atoms with Crippen molar-refractivity contribution in [1.29, 1.82) is 0 Å². The molecule has 0 saturated carbocycles. The second-order valence-electron chi connectivity index (χ2n) is 7.38. The van der Waals surface area contributed by atoms with Crippen LogP contribution < -0.4 is 0 Å². The highest BCUT2D eigenvalue weighted by molar-refractivity contribution is 5.30. The van der Waals surface area contributed by atoms with Crippen LogP contribution in [0.1, 0.15) is 34.8 Å². The van der Waals surface area contributed by atoms with Gasteiger partial charge in [0.15, 0.2) is 12.6 Å². The molecule has 2 saturated heterocycles. The van der Waals surface area contributed by atoms with Gasteiger partial charge in [-0.05, 0) is 25.0 Å². The minimum absolute atomic E-state index is 0.309. The molecule has 150 valence electrons. The monoisotopic (exact) mass is 386 g/mol. The van der Waals surface area contributed by atoms with E-state index in [9.17, 15) is 10.2 Å². The highest BCUT2D eigenvalue weighted by atomic mass is 16.8. The molecule has 0 bridgehead atoms. The number of hydrogen-bond donors (Lipinski definition) is 2. The molecule has 2 aromatic rings. The van der Waals surface area contributed by atoms with E-state index >= 15 is 0 Å². The van der Waals surface area contributed by atoms with Crippen LogP contribution in [0, 0.1) is 13.8 Å². The Kier molecular flexibility index (Phi) is 5.78. The van der Waals surface area contributed by atoms with Gasteiger partial charge in [0.2, 0.25) is 0 Å². The normalized spacial score (nSPS) is 31.2. The van der Waals surface area contributed by atoms with Crippen molar-refractivity contribution in [3.05, 3.63) is 70.8 Å². The molecule has 28 heavy (non-hydrogen) atoms. The van der Waals surface area contributed by atoms with E-state index in [4.69, 9.17) is 18.9 Å². The number of ether oxygens (including phenoxy) is 4. The maximum atomic E-state index is 10.4. The van der Waals surface area contributed by atoms with E-state index in [1.54, 1.807) is 0 Å². The van der Waals surface area contributed by atoms with Crippen LogP contribution in [-0.2, 0) is 18.9 Å². The van der Waals surface area contributed by atoms with Crippen molar-refractivity contribution in [3.8, 4) is 0 Å². The molecule has 2 aliphatic heterocycles. The van der Waals surface area contributed by atoms with Crippen LogP contribution in [0.3, 0.4) is 0 Å². The van der Waals surface area contributed by atoms with E-state index in [-0.39, 0.29) is 0 Å². The quantitative estimate of drug-likeness (QED) is 0.841. The molecule has 0 aromatic heterocycles. The van der Waals surface area contributed by atoms with E-state index < -0.39 is 43.6 Å². The molecule has 2 aromatic carbocycles. The Morgan fingerprint density at radius 2 is 1.71 bits per heavy atom. The molecular formula is C22H26O6. The number of aryl methyl sites for hydroxylation is 2. The summed E-state index contributed by atoms with van der Waals surface area (Å²) < 4.78 is 24.1. The van der Waals surface area contributed by atoms with Crippen LogP contribution in [0.15, 0.2) is 48.5 Å². The van der Waals surface area contributed by atoms with E-state index in [0.29, 0.717) is 6.61 Å². The van der Waals surface area contributed by atoms with Crippen LogP contribution in [-0.4, -0.2) is 47.8 Å². The maximum Gasteiger partial charge on any atom is 0.184 e. The largest absolute Gasteiger partial charge is 0.394 e. The lowest BCUT2D eigenvalue weighted by Crippen LogP contribution is -2.58. The summed E-state index contributed by atoms with van der Waals surface area (Å²) in [7, 11) is 0. The van der Waals surface area contributed by atoms with E-state index in [1.165, 1.54) is 5.56 Å². The Hall–Kier alpha value is -1.80. The summed E-state index contributed by atoms with van der Waals surface area (Å²) in [6.45, 7) is 3.98. The first kappa shape index (κ1) is 19.5. The third kappa shape index (κ3) is 3.85. The number of rotatable bonds is 4. The molecule has 6 atom stereocenters. The van der Waals surface area contributed by atoms with E-state index in [1.807, 2.05) is 55.5 Å². The Balaban J connectivity index is 1.56. The highest BCUT2D eigenvalue weighted by Crippen LogP contribution is 2.39. The fourth-order valence-electron chi connectivity index (χ4n) is 3.63. The Morgan fingerprint density at radius 3 is 2.43 bits per heavy atom. The zero-order valence-corrected chi connectivity index (χ0v) is 16.0. The van der Waals surface area contributed by atoms with Gasteiger partial charge in [-0.3, -0.25) is 0 Å². The van der Waals surface area contributed by atoms with Crippen LogP contribution in [0.5, 0.6) is 0 Å². The second-order valence-corrected chi connectivity index (χ2v) is 7.38. The van der Waals surface area contributed by atoms with Crippen LogP contribution in [0.2, 0.25) is 0 Å². The second kappa shape index (κ2) is 8.29. The molecule has 0 spiro atoms. The number of aliphatic hydroxyl groups excluding tert-OH is 2. The lowest BCUT2D eigenvalue weighted by atomic mass is 9.99. The van der Waals surface area contributed by atoms with Gasteiger partial charge in [-0.15, -0.1) is 0 Å². The van der Waals surface area contributed by atoms with Gasteiger partial charge in [0, 0.05) is 11.1 Å². The topological polar surface area (TPSA) is 77.4 Å². The SMILES string of the molecule is Cc1ccc(C2OC[C@@H]3OC(c4ccccc4)O[C@H]([C@H](O)CO)[C@@H]3O2)cc1C. The molecule has 6 nitrogen and oxygen atoms in total. The van der Waals surface area contributed by atoms with Crippen LogP contribution in [0.25, 0.3) is 0 Å². The number of hydrogen-bond acceptors (Lipinski definition) is 6. The summed E-state index contributed by atoms with van der Waals surface area (Å²) >= 11 is 0. The standard InChI is InChI=1S/C22H26O6/c1-13-8-9-16(10-14(13)2)21-25-12-18-20(28-21)19(17(24)11-23)27-22(26-18)15-6-4-3-5-7-15/h3-10,17-24H,11-12H2,1-2H3/t17-,18+,19-,20-,21?,22?/m1/s1. The van der Waals surface area contributed by atoms with Crippen LogP contribution in [0.4, 0.5) is 0 Å². The van der Waals surface area contributed by atoms with Gasteiger partial charge in [0.1, 0.15) is 24.4 Å². The summed E-state index contributed by atoms with van der Waals surface area (Å²) in [5, 5.41) is 19.9. The van der Waals surface area contributed by atoms with E-state index in [2.05, 4.69) is 6.92 Å². The van der Waals surface area contributed by atoms with Gasteiger partial charge < -0.3 is 29.2 Å². The first-order chi connectivity index (χ1) is 13.6. The minimum Gasteiger partial charge on any atom is -0.394 e. The predicted molar refractivity (Wildman–Crippen MR) is 102 cm³/mol. The number of aliphatic hydroxyl groups is 2. The first-order valence-corrected chi connectivity index (χ1v) is 9.56. The fraction of sp³-hybridized carbons (Fsp3) is 0.455. The molecule has 0 radical (unpaired) electrons. The van der Waals surface area contributed by atoms with E-state index in [0.717, 1.165) is 16.7 Å². The molecule has 4 rings (SSSR count). The summed E-state index contributed by atoms with van der Waals surface area (Å²) in [4.78, 5) is 0. The van der Waals surface area contributed by atoms with Gasteiger partial charge in [-0.1, -0.05) is 48.5 Å². The molecule has 6 heteroatoms. The average Bonchev–Trinajstić information content (AvgIpc) is 2.74. The van der Waals surface area contributed by atoms with Crippen molar-refractivity contribution in [2.24, 2.45) is 0 Å². The zero-order valence-electron chi connectivity index (χ0n) is 16.0. The third-order valence-electron chi connectivity index (χ3n) is 5.40. The average molecular weight is 386 g/mol. The van der Waals surface area contributed by atoms with Gasteiger partial charge in [-0.2, -0.15) is 0 Å². The van der Waals surface area contributed by atoms with Gasteiger partial charge in [0.05, 0.1) is 13.2 Å². The van der Waals surface area contributed by atoms with Crippen molar-refractivity contribution < 1.29 is 29.2 Å². The molecule has 0 aliphatic carbocycles. The van der Waals surface area contributed by atoms with Gasteiger partial charge >= 0.3 is 0 Å². The Labute approximate surface area is 164 Å². The molecule has 2 unspecified atom stereocenters. The molecule has 2 N–H and O–H groups in total.